The average Bonchev–Trinajstić information content (AvgIpc) is 2.71. The number of hydrogen-bond acceptors (Lipinski definition) is 3. The third-order valence-corrected chi connectivity index (χ3v) is 3.96. The molecule has 1 aromatic carbocycles. The van der Waals surface area contributed by atoms with Crippen LogP contribution in [-0.2, 0) is 7.05 Å². The van der Waals surface area contributed by atoms with Crippen molar-refractivity contribution >= 4 is 11.6 Å². The summed E-state index contributed by atoms with van der Waals surface area (Å²) in [6, 6.07) is 5.53. The molecular formula is C14H16ClN3O. The molecule has 5 heteroatoms. The maximum absolute atomic E-state index is 6.23. The topological polar surface area (TPSA) is 53.1 Å². The number of nitrogens with zero attached hydrogens (tertiary/aromatic N) is 2. The van der Waals surface area contributed by atoms with Crippen LogP contribution in [0, 0.1) is 6.92 Å². The van der Waals surface area contributed by atoms with Crippen LogP contribution >= 0.6 is 11.6 Å². The highest BCUT2D eigenvalue weighted by Gasteiger charge is 2.29. The lowest BCUT2D eigenvalue weighted by Gasteiger charge is -2.30. The SMILES string of the molecule is Cc1c(C2C[C@H](N)c3cc(Cl)ccc3O2)cnn1C. The van der Waals surface area contributed by atoms with Gasteiger partial charge in [0.2, 0.25) is 0 Å². The summed E-state index contributed by atoms with van der Waals surface area (Å²) < 4.78 is 7.89. The minimum Gasteiger partial charge on any atom is -0.485 e. The van der Waals surface area contributed by atoms with E-state index in [0.717, 1.165) is 29.0 Å². The molecule has 1 aliphatic rings. The summed E-state index contributed by atoms with van der Waals surface area (Å²) in [5.41, 5.74) is 9.41. The van der Waals surface area contributed by atoms with E-state index in [9.17, 15) is 0 Å². The summed E-state index contributed by atoms with van der Waals surface area (Å²) in [5, 5.41) is 4.95. The maximum Gasteiger partial charge on any atom is 0.129 e. The molecule has 0 saturated heterocycles. The van der Waals surface area contributed by atoms with Gasteiger partial charge in [-0.25, -0.2) is 0 Å². The van der Waals surface area contributed by atoms with Crippen LogP contribution in [0.2, 0.25) is 5.02 Å². The lowest BCUT2D eigenvalue weighted by atomic mass is 9.94. The number of hydrogen-bond donors (Lipinski definition) is 1. The maximum atomic E-state index is 6.23. The van der Waals surface area contributed by atoms with Gasteiger partial charge in [-0.2, -0.15) is 5.10 Å². The molecule has 1 unspecified atom stereocenters. The van der Waals surface area contributed by atoms with Crippen molar-refractivity contribution in [3.05, 3.63) is 46.2 Å². The van der Waals surface area contributed by atoms with Gasteiger partial charge in [0.05, 0.1) is 6.20 Å². The largest absolute Gasteiger partial charge is 0.485 e. The van der Waals surface area contributed by atoms with E-state index in [1.807, 2.05) is 43.0 Å². The van der Waals surface area contributed by atoms with Crippen LogP contribution in [0.4, 0.5) is 0 Å². The number of nitrogens with two attached hydrogens (primary N) is 1. The van der Waals surface area contributed by atoms with Crippen LogP contribution < -0.4 is 10.5 Å². The van der Waals surface area contributed by atoms with Crippen molar-refractivity contribution in [2.24, 2.45) is 12.8 Å². The predicted molar refractivity (Wildman–Crippen MR) is 74.3 cm³/mol. The van der Waals surface area contributed by atoms with Crippen LogP contribution in [0.1, 0.15) is 35.4 Å². The van der Waals surface area contributed by atoms with Gasteiger partial charge in [0.15, 0.2) is 0 Å². The Morgan fingerprint density at radius 1 is 1.42 bits per heavy atom. The van der Waals surface area contributed by atoms with E-state index in [-0.39, 0.29) is 12.1 Å². The van der Waals surface area contributed by atoms with Gasteiger partial charge in [-0.15, -0.1) is 0 Å². The highest BCUT2D eigenvalue weighted by atomic mass is 35.5. The van der Waals surface area contributed by atoms with Crippen LogP contribution in [0.15, 0.2) is 24.4 Å². The Hall–Kier alpha value is -1.52. The Morgan fingerprint density at radius 2 is 2.21 bits per heavy atom. The molecule has 19 heavy (non-hydrogen) atoms. The quantitative estimate of drug-likeness (QED) is 0.872. The second-order valence-electron chi connectivity index (χ2n) is 4.94. The van der Waals surface area contributed by atoms with Crippen molar-refractivity contribution < 1.29 is 4.74 Å². The molecule has 2 heterocycles. The third kappa shape index (κ3) is 2.11. The minimum absolute atomic E-state index is 0.0441. The minimum atomic E-state index is -0.0629. The Labute approximate surface area is 117 Å². The van der Waals surface area contributed by atoms with E-state index in [0.29, 0.717) is 5.02 Å². The Balaban J connectivity index is 1.97. The highest BCUT2D eigenvalue weighted by molar-refractivity contribution is 6.30. The van der Waals surface area contributed by atoms with Gasteiger partial charge >= 0.3 is 0 Å². The van der Waals surface area contributed by atoms with E-state index < -0.39 is 0 Å². The van der Waals surface area contributed by atoms with Gasteiger partial charge in [-0.05, 0) is 25.1 Å². The van der Waals surface area contributed by atoms with E-state index in [1.165, 1.54) is 0 Å². The first-order valence-corrected chi connectivity index (χ1v) is 6.64. The molecule has 0 saturated carbocycles. The molecule has 1 aromatic heterocycles. The van der Waals surface area contributed by atoms with E-state index >= 15 is 0 Å². The molecule has 0 radical (unpaired) electrons. The summed E-state index contributed by atoms with van der Waals surface area (Å²) >= 11 is 6.00. The first-order chi connectivity index (χ1) is 9.06. The molecule has 100 valence electrons. The van der Waals surface area contributed by atoms with Crippen LogP contribution in [0.5, 0.6) is 5.75 Å². The zero-order valence-corrected chi connectivity index (χ0v) is 11.7. The first kappa shape index (κ1) is 12.5. The van der Waals surface area contributed by atoms with Crippen molar-refractivity contribution in [3.63, 3.8) is 0 Å². The molecule has 0 fully saturated rings. The van der Waals surface area contributed by atoms with E-state index in [2.05, 4.69) is 5.10 Å². The van der Waals surface area contributed by atoms with Crippen molar-refractivity contribution in [3.8, 4) is 5.75 Å². The molecule has 4 nitrogen and oxygen atoms in total. The monoisotopic (exact) mass is 277 g/mol. The first-order valence-electron chi connectivity index (χ1n) is 6.26. The van der Waals surface area contributed by atoms with Crippen LogP contribution in [-0.4, -0.2) is 9.78 Å². The van der Waals surface area contributed by atoms with Crippen molar-refractivity contribution in [2.75, 3.05) is 0 Å². The number of rotatable bonds is 1. The van der Waals surface area contributed by atoms with Gasteiger partial charge in [0, 0.05) is 41.4 Å². The highest BCUT2D eigenvalue weighted by Crippen LogP contribution is 2.41. The molecule has 0 spiro atoms. The smallest absolute Gasteiger partial charge is 0.129 e. The molecular weight excluding hydrogens is 262 g/mol. The zero-order chi connectivity index (χ0) is 13.6. The Bertz CT molecular complexity index is 623. The standard InChI is InChI=1S/C14H16ClN3O/c1-8-11(7-17-18(8)2)14-6-12(16)10-5-9(15)3-4-13(10)19-14/h3-5,7,12,14H,6,16H2,1-2H3/t12-,14?/m0/s1. The molecule has 2 N–H and O–H groups in total. The molecule has 1 aliphatic heterocycles. The third-order valence-electron chi connectivity index (χ3n) is 3.73. The van der Waals surface area contributed by atoms with Gasteiger partial charge < -0.3 is 10.5 Å². The summed E-state index contributed by atoms with van der Waals surface area (Å²) in [6.45, 7) is 2.04. The van der Waals surface area contributed by atoms with Crippen LogP contribution in [0.25, 0.3) is 0 Å². The fourth-order valence-electron chi connectivity index (χ4n) is 2.50. The van der Waals surface area contributed by atoms with Gasteiger partial charge in [-0.3, -0.25) is 4.68 Å². The summed E-state index contributed by atoms with van der Waals surface area (Å²) in [5.74, 6) is 0.816. The number of aryl methyl sites for hydroxylation is 1. The average molecular weight is 278 g/mol. The van der Waals surface area contributed by atoms with Crippen LogP contribution in [0.3, 0.4) is 0 Å². The molecule has 3 rings (SSSR count). The Kier molecular flexibility index (Phi) is 2.99. The zero-order valence-electron chi connectivity index (χ0n) is 10.9. The van der Waals surface area contributed by atoms with Crippen molar-refractivity contribution in [1.82, 2.24) is 9.78 Å². The second-order valence-corrected chi connectivity index (χ2v) is 5.38. The fraction of sp³-hybridized carbons (Fsp3) is 0.357. The fourth-order valence-corrected chi connectivity index (χ4v) is 2.68. The predicted octanol–water partition coefficient (Wildman–Crippen LogP) is 2.91. The number of fused-ring (bicyclic) bond motifs is 1. The van der Waals surface area contributed by atoms with Gasteiger partial charge in [0.25, 0.3) is 0 Å². The number of benzene rings is 1. The molecule has 2 aromatic rings. The van der Waals surface area contributed by atoms with E-state index in [4.69, 9.17) is 22.1 Å². The van der Waals surface area contributed by atoms with Gasteiger partial charge in [0.1, 0.15) is 11.9 Å². The molecule has 0 bridgehead atoms. The van der Waals surface area contributed by atoms with E-state index in [1.54, 1.807) is 0 Å². The van der Waals surface area contributed by atoms with Gasteiger partial charge in [-0.1, -0.05) is 11.6 Å². The molecule has 0 aliphatic carbocycles. The molecule has 0 amide bonds. The summed E-state index contributed by atoms with van der Waals surface area (Å²) in [7, 11) is 1.93. The molecule has 2 atom stereocenters. The second kappa shape index (κ2) is 4.54. The summed E-state index contributed by atoms with van der Waals surface area (Å²) in [4.78, 5) is 0. The normalized spacial score (nSPS) is 21.9. The van der Waals surface area contributed by atoms with Crippen molar-refractivity contribution in [1.29, 1.82) is 0 Å². The number of ether oxygens (including phenoxy) is 1. The van der Waals surface area contributed by atoms with Crippen molar-refractivity contribution in [2.45, 2.75) is 25.5 Å². The Morgan fingerprint density at radius 3 is 2.89 bits per heavy atom. The lowest BCUT2D eigenvalue weighted by molar-refractivity contribution is 0.161. The summed E-state index contributed by atoms with van der Waals surface area (Å²) in [6.07, 6.45) is 2.55. The number of aromatic nitrogens is 2. The lowest BCUT2D eigenvalue weighted by Crippen LogP contribution is -2.24. The number of halogens is 1.